The van der Waals surface area contributed by atoms with Crippen LogP contribution in [0.5, 0.6) is 40.2 Å². The molecule has 184 valence electrons. The predicted molar refractivity (Wildman–Crippen MR) is 133 cm³/mol. The second kappa shape index (κ2) is 7.96. The van der Waals surface area contributed by atoms with Gasteiger partial charge in [0.2, 0.25) is 0 Å². The van der Waals surface area contributed by atoms with Crippen LogP contribution in [0.4, 0.5) is 0 Å². The van der Waals surface area contributed by atoms with Crippen molar-refractivity contribution in [3.05, 3.63) is 101 Å². The number of hydrogen-bond donors (Lipinski definition) is 5. The second-order valence-electron chi connectivity index (χ2n) is 8.96. The Hall–Kier alpha value is -5.11. The molecule has 0 saturated heterocycles. The van der Waals surface area contributed by atoms with Crippen LogP contribution in [0.2, 0.25) is 0 Å². The average molecular weight is 496 g/mol. The van der Waals surface area contributed by atoms with Crippen molar-refractivity contribution in [3.8, 4) is 40.2 Å². The van der Waals surface area contributed by atoms with Gasteiger partial charge in [-0.25, -0.2) is 0 Å². The Labute approximate surface area is 210 Å². The lowest BCUT2D eigenvalue weighted by Gasteiger charge is -2.29. The van der Waals surface area contributed by atoms with Gasteiger partial charge < -0.3 is 35.0 Å². The fourth-order valence-electron chi connectivity index (χ4n) is 5.16. The fourth-order valence-corrected chi connectivity index (χ4v) is 5.16. The van der Waals surface area contributed by atoms with Crippen molar-refractivity contribution in [1.29, 1.82) is 0 Å². The lowest BCUT2D eigenvalue weighted by atomic mass is 9.68. The van der Waals surface area contributed by atoms with Crippen molar-refractivity contribution in [3.63, 3.8) is 0 Å². The molecule has 0 fully saturated rings. The summed E-state index contributed by atoms with van der Waals surface area (Å²) < 4.78 is 11.9. The Morgan fingerprint density at radius 2 is 1.30 bits per heavy atom. The molecule has 37 heavy (non-hydrogen) atoms. The van der Waals surface area contributed by atoms with E-state index in [1.54, 1.807) is 36.4 Å². The van der Waals surface area contributed by atoms with Crippen LogP contribution in [-0.2, 0) is 10.2 Å². The summed E-state index contributed by atoms with van der Waals surface area (Å²) in [5.74, 6) is -1.14. The number of hydrogen-bond acceptors (Lipinski definition) is 8. The molecule has 0 bridgehead atoms. The molecule has 5 N–H and O–H groups in total. The first-order valence-corrected chi connectivity index (χ1v) is 11.4. The highest BCUT2D eigenvalue weighted by Crippen LogP contribution is 2.63. The van der Waals surface area contributed by atoms with Crippen molar-refractivity contribution < 1.29 is 39.8 Å². The summed E-state index contributed by atoms with van der Waals surface area (Å²) in [4.78, 5) is 13.8. The predicted octanol–water partition coefficient (Wildman–Crippen LogP) is 4.72. The maximum atomic E-state index is 13.8. The molecule has 2 aliphatic rings. The lowest BCUT2D eigenvalue weighted by Crippen LogP contribution is -2.40. The van der Waals surface area contributed by atoms with E-state index in [-0.39, 0.29) is 45.8 Å². The number of benzene rings is 4. The van der Waals surface area contributed by atoms with Crippen LogP contribution in [0.3, 0.4) is 0 Å². The standard InChI is InChI=1S/C29H20O8/c30-18-7-2-15(3-8-18)1-4-17-11-20(32)13-23-25(17)29(28(35)37-23)26-22(34)12-21(33)14-24(26)36-27(29)16-5-9-19(31)10-6-16/h1-14,27,30-34H/b4-1+/t27-,29-/m0/s1. The summed E-state index contributed by atoms with van der Waals surface area (Å²) in [6.45, 7) is 0. The van der Waals surface area contributed by atoms with Gasteiger partial charge in [-0.2, -0.15) is 0 Å². The number of aromatic hydroxyl groups is 5. The Balaban J connectivity index is 1.63. The van der Waals surface area contributed by atoms with Crippen LogP contribution in [0.25, 0.3) is 12.2 Å². The Morgan fingerprint density at radius 3 is 2.00 bits per heavy atom. The van der Waals surface area contributed by atoms with Gasteiger partial charge in [-0.15, -0.1) is 0 Å². The van der Waals surface area contributed by atoms with Crippen molar-refractivity contribution in [2.75, 3.05) is 0 Å². The number of fused-ring (bicyclic) bond motifs is 4. The molecule has 0 aromatic heterocycles. The summed E-state index contributed by atoms with van der Waals surface area (Å²) in [5, 5.41) is 51.0. The third kappa shape index (κ3) is 3.34. The highest BCUT2D eigenvalue weighted by atomic mass is 16.6. The number of ether oxygens (including phenoxy) is 2. The topological polar surface area (TPSA) is 137 Å². The Morgan fingerprint density at radius 1 is 0.676 bits per heavy atom. The van der Waals surface area contributed by atoms with Gasteiger partial charge in [0.1, 0.15) is 46.4 Å². The first-order chi connectivity index (χ1) is 17.8. The van der Waals surface area contributed by atoms with E-state index in [4.69, 9.17) is 9.47 Å². The molecule has 4 aromatic rings. The van der Waals surface area contributed by atoms with Gasteiger partial charge in [0, 0.05) is 23.8 Å². The maximum Gasteiger partial charge on any atom is 0.331 e. The SMILES string of the molecule is O=C1Oc2cc(O)cc(/C=C/c3ccc(O)cc3)c2[C@@]12c1c(O)cc(O)cc1O[C@H]2c1ccc(O)cc1. The molecule has 2 heterocycles. The molecular weight excluding hydrogens is 476 g/mol. The van der Waals surface area contributed by atoms with Crippen molar-refractivity contribution in [2.24, 2.45) is 0 Å². The second-order valence-corrected chi connectivity index (χ2v) is 8.96. The minimum absolute atomic E-state index is 0.0191. The molecule has 4 aromatic carbocycles. The van der Waals surface area contributed by atoms with Crippen LogP contribution < -0.4 is 9.47 Å². The minimum Gasteiger partial charge on any atom is -0.508 e. The van der Waals surface area contributed by atoms with Gasteiger partial charge >= 0.3 is 5.97 Å². The highest BCUT2D eigenvalue weighted by Gasteiger charge is 2.64. The quantitative estimate of drug-likeness (QED) is 0.156. The summed E-state index contributed by atoms with van der Waals surface area (Å²) in [6, 6.07) is 17.8. The zero-order valence-corrected chi connectivity index (χ0v) is 19.1. The first kappa shape index (κ1) is 22.4. The Bertz CT molecular complexity index is 1590. The number of esters is 1. The molecule has 0 amide bonds. The molecule has 1 spiro atoms. The van der Waals surface area contributed by atoms with Crippen molar-refractivity contribution >= 4 is 18.1 Å². The molecule has 8 nitrogen and oxygen atoms in total. The molecule has 0 unspecified atom stereocenters. The minimum atomic E-state index is -1.69. The van der Waals surface area contributed by atoms with Gasteiger partial charge in [-0.3, -0.25) is 4.79 Å². The molecule has 8 heteroatoms. The van der Waals surface area contributed by atoms with E-state index in [9.17, 15) is 30.3 Å². The summed E-state index contributed by atoms with van der Waals surface area (Å²) in [6.07, 6.45) is 2.40. The van der Waals surface area contributed by atoms with E-state index < -0.39 is 17.5 Å². The zero-order valence-electron chi connectivity index (χ0n) is 19.1. The van der Waals surface area contributed by atoms with E-state index in [2.05, 4.69) is 0 Å². The third-order valence-electron chi connectivity index (χ3n) is 6.68. The average Bonchev–Trinajstić information content (AvgIpc) is 3.34. The summed E-state index contributed by atoms with van der Waals surface area (Å²) >= 11 is 0. The van der Waals surface area contributed by atoms with Crippen molar-refractivity contribution in [2.45, 2.75) is 11.5 Å². The summed E-state index contributed by atoms with van der Waals surface area (Å²) in [5.41, 5.74) is 0.489. The molecule has 0 saturated carbocycles. The largest absolute Gasteiger partial charge is 0.508 e. The highest BCUT2D eigenvalue weighted by molar-refractivity contribution is 6.00. The van der Waals surface area contributed by atoms with Gasteiger partial charge in [0.25, 0.3) is 0 Å². The zero-order chi connectivity index (χ0) is 25.9. The van der Waals surface area contributed by atoms with E-state index in [0.717, 1.165) is 11.6 Å². The molecular formula is C29H20O8. The number of phenols is 5. The van der Waals surface area contributed by atoms with Crippen LogP contribution in [0.15, 0.2) is 72.8 Å². The molecule has 0 radical (unpaired) electrons. The van der Waals surface area contributed by atoms with Crippen LogP contribution in [0.1, 0.15) is 33.9 Å². The molecule has 2 atom stereocenters. The van der Waals surface area contributed by atoms with E-state index in [1.807, 2.05) is 0 Å². The molecule has 2 aliphatic heterocycles. The van der Waals surface area contributed by atoms with Gasteiger partial charge in [0.05, 0.1) is 5.56 Å². The van der Waals surface area contributed by atoms with Gasteiger partial charge in [-0.1, -0.05) is 36.4 Å². The van der Waals surface area contributed by atoms with Gasteiger partial charge in [0.15, 0.2) is 5.41 Å². The molecule has 6 rings (SSSR count). The number of phenolic OH excluding ortho intramolecular Hbond substituents is 5. The number of carbonyl (C=O) groups excluding carboxylic acids is 1. The van der Waals surface area contributed by atoms with Crippen molar-refractivity contribution in [1.82, 2.24) is 0 Å². The van der Waals surface area contributed by atoms with E-state index in [0.29, 0.717) is 16.7 Å². The fraction of sp³-hybridized carbons (Fsp3) is 0.0690. The monoisotopic (exact) mass is 496 g/mol. The number of carbonyl (C=O) groups is 1. The van der Waals surface area contributed by atoms with Crippen LogP contribution >= 0.6 is 0 Å². The van der Waals surface area contributed by atoms with E-state index in [1.165, 1.54) is 42.5 Å². The lowest BCUT2D eigenvalue weighted by molar-refractivity contribution is -0.139. The maximum absolute atomic E-state index is 13.8. The van der Waals surface area contributed by atoms with Gasteiger partial charge in [-0.05, 0) is 47.0 Å². The third-order valence-corrected chi connectivity index (χ3v) is 6.68. The summed E-state index contributed by atoms with van der Waals surface area (Å²) in [7, 11) is 0. The van der Waals surface area contributed by atoms with Crippen LogP contribution in [0, 0.1) is 0 Å². The van der Waals surface area contributed by atoms with Crippen LogP contribution in [-0.4, -0.2) is 31.5 Å². The smallest absolute Gasteiger partial charge is 0.331 e. The number of rotatable bonds is 3. The Kier molecular flexibility index (Phi) is 4.81. The normalized spacial score (nSPS) is 19.6. The molecule has 0 aliphatic carbocycles. The first-order valence-electron chi connectivity index (χ1n) is 11.4. The van der Waals surface area contributed by atoms with E-state index >= 15 is 0 Å².